The monoisotopic (exact) mass is 716 g/mol. The number of pyridine rings is 1. The Hall–Kier alpha value is -5.16. The molecule has 4 aromatic rings. The van der Waals surface area contributed by atoms with E-state index < -0.39 is 71.8 Å². The number of ether oxygens (including phenoxy) is 5. The minimum absolute atomic E-state index is 0.0985. The minimum atomic E-state index is -1.67. The first-order chi connectivity index (χ1) is 23.8. The highest BCUT2D eigenvalue weighted by atomic mass is 32.2. The van der Waals surface area contributed by atoms with E-state index in [1.54, 1.807) is 31.5 Å². The third kappa shape index (κ3) is 8.52. The first kappa shape index (κ1) is 36.1. The number of esters is 3. The van der Waals surface area contributed by atoms with Gasteiger partial charge in [-0.3, -0.25) is 19.2 Å². The SMILES string of the molecule is COc1ccc(Cn2ccc(S[C@H]3OC(COC(C)=O)[C@H](OC(C)=O)[C@H](n4cc(-c5cc(F)c(F)c(F)c5)nn4)C3OC(C)=O)cc2=O)cc1. The molecule has 1 fully saturated rings. The number of hydrogen-bond acceptors (Lipinski definition) is 12. The molecule has 0 radical (unpaired) electrons. The van der Waals surface area contributed by atoms with Crippen molar-refractivity contribution >= 4 is 29.7 Å². The van der Waals surface area contributed by atoms with Gasteiger partial charge in [-0.15, -0.1) is 5.10 Å². The maximum absolute atomic E-state index is 14.1. The smallest absolute Gasteiger partial charge is 0.303 e. The molecular weight excluding hydrogens is 685 g/mol. The Balaban J connectivity index is 1.52. The van der Waals surface area contributed by atoms with Crippen molar-refractivity contribution in [3.8, 4) is 17.0 Å². The molecule has 3 heterocycles. The molecule has 0 spiro atoms. The summed E-state index contributed by atoms with van der Waals surface area (Å²) in [4.78, 5) is 50.2. The van der Waals surface area contributed by atoms with Crippen LogP contribution in [0, 0.1) is 17.5 Å². The molecule has 5 atom stereocenters. The van der Waals surface area contributed by atoms with E-state index in [0.717, 1.165) is 48.0 Å². The van der Waals surface area contributed by atoms with E-state index in [1.807, 2.05) is 12.1 Å². The van der Waals surface area contributed by atoms with Crippen LogP contribution in [0.15, 0.2) is 70.6 Å². The number of carbonyl (C=O) groups is 3. The lowest BCUT2D eigenvalue weighted by Gasteiger charge is -2.44. The van der Waals surface area contributed by atoms with Crippen molar-refractivity contribution in [2.24, 2.45) is 0 Å². The quantitative estimate of drug-likeness (QED) is 0.125. The number of hydrogen-bond donors (Lipinski definition) is 0. The Kier molecular flexibility index (Phi) is 11.3. The largest absolute Gasteiger partial charge is 0.497 e. The van der Waals surface area contributed by atoms with Gasteiger partial charge >= 0.3 is 17.9 Å². The molecule has 2 aromatic carbocycles. The summed E-state index contributed by atoms with van der Waals surface area (Å²) in [6.45, 7) is 3.30. The lowest BCUT2D eigenvalue weighted by Crippen LogP contribution is -2.57. The molecule has 2 aromatic heterocycles. The summed E-state index contributed by atoms with van der Waals surface area (Å²) in [6, 6.07) is 10.5. The Morgan fingerprint density at radius 1 is 0.920 bits per heavy atom. The number of halogens is 3. The molecular formula is C33H31F3N4O9S. The van der Waals surface area contributed by atoms with Crippen molar-refractivity contribution < 1.29 is 51.2 Å². The molecule has 264 valence electrons. The standard InChI is InChI=1S/C33H31F3N4O9S/c1-17(41)46-16-27-31(47-18(2)42)30(40-15-26(37-38-40)21-11-24(34)29(36)25(35)12-21)32(48-19(3)43)33(49-27)50-23-9-10-39(28(44)13-23)14-20-5-7-22(45-4)8-6-20/h5-13,15,27,30-33H,14,16H2,1-4H3/t27?,30-,31-,32?,33+/m0/s1. The zero-order chi connectivity index (χ0) is 36.1. The van der Waals surface area contributed by atoms with Gasteiger partial charge in [0.05, 0.1) is 19.9 Å². The minimum Gasteiger partial charge on any atom is -0.497 e. The van der Waals surface area contributed by atoms with Gasteiger partial charge < -0.3 is 28.3 Å². The van der Waals surface area contributed by atoms with Crippen molar-refractivity contribution in [2.75, 3.05) is 13.7 Å². The second kappa shape index (κ2) is 15.6. The highest BCUT2D eigenvalue weighted by molar-refractivity contribution is 7.99. The van der Waals surface area contributed by atoms with E-state index in [0.29, 0.717) is 10.6 Å². The summed E-state index contributed by atoms with van der Waals surface area (Å²) in [6.07, 6.45) is -0.963. The molecule has 5 rings (SSSR count). The Labute approximate surface area is 287 Å². The molecule has 1 aliphatic rings. The zero-order valence-electron chi connectivity index (χ0n) is 27.1. The number of methoxy groups -OCH3 is 1. The van der Waals surface area contributed by atoms with Crippen LogP contribution in [0.2, 0.25) is 0 Å². The highest BCUT2D eigenvalue weighted by Crippen LogP contribution is 2.41. The predicted octanol–water partition coefficient (Wildman–Crippen LogP) is 4.07. The van der Waals surface area contributed by atoms with Crippen molar-refractivity contribution in [3.05, 3.63) is 94.3 Å². The number of benzene rings is 2. The maximum Gasteiger partial charge on any atom is 0.303 e. The van der Waals surface area contributed by atoms with Gasteiger partial charge in [0.15, 0.2) is 29.7 Å². The van der Waals surface area contributed by atoms with Crippen molar-refractivity contribution in [2.45, 2.75) is 62.0 Å². The zero-order valence-corrected chi connectivity index (χ0v) is 27.9. The highest BCUT2D eigenvalue weighted by Gasteiger charge is 2.52. The second-order valence-electron chi connectivity index (χ2n) is 11.1. The fourth-order valence-electron chi connectivity index (χ4n) is 5.29. The summed E-state index contributed by atoms with van der Waals surface area (Å²) in [7, 11) is 1.55. The van der Waals surface area contributed by atoms with Crippen molar-refractivity contribution in [1.29, 1.82) is 0 Å². The number of rotatable bonds is 11. The van der Waals surface area contributed by atoms with Gasteiger partial charge in [0.1, 0.15) is 35.6 Å². The van der Waals surface area contributed by atoms with Gasteiger partial charge in [0, 0.05) is 43.5 Å². The maximum atomic E-state index is 14.1. The summed E-state index contributed by atoms with van der Waals surface area (Å²) >= 11 is 1.00. The number of aromatic nitrogens is 4. The number of thioether (sulfide) groups is 1. The van der Waals surface area contributed by atoms with Crippen LogP contribution in [0.3, 0.4) is 0 Å². The van der Waals surface area contributed by atoms with E-state index in [9.17, 15) is 32.3 Å². The summed E-state index contributed by atoms with van der Waals surface area (Å²) in [5.41, 5.74) is -0.883. The predicted molar refractivity (Wildman–Crippen MR) is 169 cm³/mol. The van der Waals surface area contributed by atoms with Crippen LogP contribution >= 0.6 is 11.8 Å². The molecule has 0 N–H and O–H groups in total. The lowest BCUT2D eigenvalue weighted by atomic mass is 9.96. The molecule has 1 aliphatic heterocycles. The molecule has 2 unspecified atom stereocenters. The fourth-order valence-corrected chi connectivity index (χ4v) is 6.42. The van der Waals surface area contributed by atoms with Crippen LogP contribution in [0.4, 0.5) is 13.2 Å². The van der Waals surface area contributed by atoms with Crippen LogP contribution in [-0.4, -0.2) is 74.9 Å². The van der Waals surface area contributed by atoms with Gasteiger partial charge in [0.25, 0.3) is 5.56 Å². The summed E-state index contributed by atoms with van der Waals surface area (Å²) < 4.78 is 72.4. The van der Waals surface area contributed by atoms with Crippen molar-refractivity contribution in [1.82, 2.24) is 19.6 Å². The molecule has 1 saturated heterocycles. The third-order valence-electron chi connectivity index (χ3n) is 7.50. The van der Waals surface area contributed by atoms with E-state index in [4.69, 9.17) is 23.7 Å². The van der Waals surface area contributed by atoms with Crippen LogP contribution in [0.1, 0.15) is 32.4 Å². The Morgan fingerprint density at radius 2 is 1.58 bits per heavy atom. The Morgan fingerprint density at radius 3 is 2.18 bits per heavy atom. The van der Waals surface area contributed by atoms with Gasteiger partial charge in [0.2, 0.25) is 0 Å². The van der Waals surface area contributed by atoms with Crippen LogP contribution in [0.5, 0.6) is 5.75 Å². The number of carbonyl (C=O) groups excluding carboxylic acids is 3. The first-order valence-corrected chi connectivity index (χ1v) is 15.9. The van der Waals surface area contributed by atoms with Crippen LogP contribution < -0.4 is 10.3 Å². The molecule has 13 nitrogen and oxygen atoms in total. The van der Waals surface area contributed by atoms with E-state index in [2.05, 4.69) is 10.3 Å². The third-order valence-corrected chi connectivity index (χ3v) is 8.64. The first-order valence-electron chi connectivity index (χ1n) is 15.0. The van der Waals surface area contributed by atoms with Gasteiger partial charge in [-0.25, -0.2) is 17.9 Å². The average molecular weight is 717 g/mol. The van der Waals surface area contributed by atoms with E-state index in [1.165, 1.54) is 23.8 Å². The topological polar surface area (TPSA) is 150 Å². The van der Waals surface area contributed by atoms with E-state index >= 15 is 0 Å². The second-order valence-corrected chi connectivity index (χ2v) is 12.3. The molecule has 0 saturated carbocycles. The van der Waals surface area contributed by atoms with Gasteiger partial charge in [-0.2, -0.15) is 0 Å². The van der Waals surface area contributed by atoms with Crippen LogP contribution in [-0.2, 0) is 39.9 Å². The molecule has 0 aliphatic carbocycles. The molecule has 17 heteroatoms. The van der Waals surface area contributed by atoms with Crippen molar-refractivity contribution in [3.63, 3.8) is 0 Å². The summed E-state index contributed by atoms with van der Waals surface area (Å²) in [5.74, 6) is -6.11. The van der Waals surface area contributed by atoms with E-state index in [-0.39, 0.29) is 23.4 Å². The Bertz CT molecular complexity index is 1910. The molecule has 0 bridgehead atoms. The fraction of sp³-hybridized carbons (Fsp3) is 0.333. The van der Waals surface area contributed by atoms with Gasteiger partial charge in [-0.1, -0.05) is 29.1 Å². The normalized spacial score (nSPS) is 20.2. The van der Waals surface area contributed by atoms with Crippen LogP contribution in [0.25, 0.3) is 11.3 Å². The number of nitrogens with zero attached hydrogens (tertiary/aromatic N) is 4. The molecule has 50 heavy (non-hydrogen) atoms. The lowest BCUT2D eigenvalue weighted by molar-refractivity contribution is -0.212. The van der Waals surface area contributed by atoms with Gasteiger partial charge in [-0.05, 0) is 35.9 Å². The summed E-state index contributed by atoms with van der Waals surface area (Å²) in [5, 5.41) is 8.04. The average Bonchev–Trinajstić information content (AvgIpc) is 3.55. The molecule has 0 amide bonds.